The number of fused-ring (bicyclic) bond motifs is 1. The smallest absolute Gasteiger partial charge is 0.289 e. The number of anilines is 1. The second-order valence-corrected chi connectivity index (χ2v) is 8.88. The second-order valence-electron chi connectivity index (χ2n) is 8.88. The molecule has 3 aromatic rings. The fourth-order valence-corrected chi connectivity index (χ4v) is 4.59. The van der Waals surface area contributed by atoms with Crippen LogP contribution in [-0.4, -0.2) is 58.0 Å². The number of H-pyrrole nitrogens is 1. The lowest BCUT2D eigenvalue weighted by atomic mass is 9.89. The third kappa shape index (κ3) is 4.50. The first-order chi connectivity index (χ1) is 15.5. The lowest BCUT2D eigenvalue weighted by molar-refractivity contribution is 0.0811. The van der Waals surface area contributed by atoms with Gasteiger partial charge in [-0.05, 0) is 50.7 Å². The van der Waals surface area contributed by atoms with E-state index in [1.807, 2.05) is 18.4 Å². The van der Waals surface area contributed by atoms with Crippen LogP contribution in [0.4, 0.5) is 5.95 Å². The molecule has 1 aromatic carbocycles. The molecule has 0 saturated carbocycles. The molecule has 1 unspecified atom stereocenters. The van der Waals surface area contributed by atoms with Gasteiger partial charge in [0.25, 0.3) is 5.91 Å². The molecule has 32 heavy (non-hydrogen) atoms. The number of ether oxygens (including phenoxy) is 1. The van der Waals surface area contributed by atoms with Gasteiger partial charge in [-0.3, -0.25) is 9.36 Å². The largest absolute Gasteiger partial charge is 0.380 e. The predicted octanol–water partition coefficient (Wildman–Crippen LogP) is 3.71. The van der Waals surface area contributed by atoms with E-state index in [1.165, 1.54) is 16.5 Å². The summed E-state index contributed by atoms with van der Waals surface area (Å²) >= 11 is 0. The average molecular weight is 439 g/mol. The number of nitrogens with one attached hydrogen (secondary N) is 2. The van der Waals surface area contributed by atoms with E-state index in [9.17, 15) is 4.79 Å². The maximum absolute atomic E-state index is 12.8. The summed E-state index contributed by atoms with van der Waals surface area (Å²) < 4.78 is 7.54. The van der Waals surface area contributed by atoms with Crippen molar-refractivity contribution in [2.24, 2.45) is 0 Å². The van der Waals surface area contributed by atoms with E-state index in [1.54, 1.807) is 7.11 Å². The molecule has 8 heteroatoms. The minimum absolute atomic E-state index is 0.000825. The van der Waals surface area contributed by atoms with Crippen molar-refractivity contribution in [1.82, 2.24) is 25.1 Å². The number of aromatic amines is 1. The zero-order valence-electron chi connectivity index (χ0n) is 19.5. The summed E-state index contributed by atoms with van der Waals surface area (Å²) in [7, 11) is 1.71. The lowest BCUT2D eigenvalue weighted by Gasteiger charge is -2.33. The van der Waals surface area contributed by atoms with E-state index in [0.29, 0.717) is 18.3 Å². The number of methoxy groups -OCH3 is 1. The van der Waals surface area contributed by atoms with Crippen molar-refractivity contribution >= 4 is 22.8 Å². The van der Waals surface area contributed by atoms with Crippen LogP contribution in [0.2, 0.25) is 0 Å². The van der Waals surface area contributed by atoms with Gasteiger partial charge in [0.2, 0.25) is 11.8 Å². The monoisotopic (exact) mass is 438 g/mol. The van der Waals surface area contributed by atoms with Crippen molar-refractivity contribution in [2.45, 2.75) is 64.6 Å². The molecule has 1 aliphatic rings. The highest BCUT2D eigenvalue weighted by Crippen LogP contribution is 2.34. The van der Waals surface area contributed by atoms with Crippen LogP contribution in [0.5, 0.6) is 0 Å². The van der Waals surface area contributed by atoms with Crippen molar-refractivity contribution in [3.63, 3.8) is 0 Å². The van der Waals surface area contributed by atoms with E-state index in [-0.39, 0.29) is 18.1 Å². The minimum atomic E-state index is -0.196. The summed E-state index contributed by atoms with van der Waals surface area (Å²) in [5.41, 5.74) is 2.58. The summed E-state index contributed by atoms with van der Waals surface area (Å²) in [6, 6.07) is 8.52. The Balaban J connectivity index is 1.54. The fourth-order valence-electron chi connectivity index (χ4n) is 4.59. The SMILES string of the molecule is CCC(Cn1c(C(=O)NC(C)C)nnc1N1CCC(c2c[nH]c3ccccc23)CC1)OC. The van der Waals surface area contributed by atoms with Gasteiger partial charge in [0, 0.05) is 43.3 Å². The number of amides is 1. The Morgan fingerprint density at radius 1 is 1.25 bits per heavy atom. The molecule has 0 radical (unpaired) electrons. The van der Waals surface area contributed by atoms with Crippen molar-refractivity contribution in [1.29, 1.82) is 0 Å². The maximum atomic E-state index is 12.8. The molecule has 3 heterocycles. The first kappa shape index (κ1) is 22.3. The number of aromatic nitrogens is 4. The maximum Gasteiger partial charge on any atom is 0.289 e. The topological polar surface area (TPSA) is 88.1 Å². The average Bonchev–Trinajstić information content (AvgIpc) is 3.41. The number of piperidine rings is 1. The van der Waals surface area contributed by atoms with Crippen LogP contribution in [0.15, 0.2) is 30.5 Å². The Morgan fingerprint density at radius 2 is 2.00 bits per heavy atom. The Morgan fingerprint density at radius 3 is 2.69 bits per heavy atom. The van der Waals surface area contributed by atoms with Gasteiger partial charge in [0.05, 0.1) is 12.6 Å². The van der Waals surface area contributed by atoms with Crippen LogP contribution in [0, 0.1) is 0 Å². The highest BCUT2D eigenvalue weighted by molar-refractivity contribution is 5.91. The van der Waals surface area contributed by atoms with Gasteiger partial charge in [-0.25, -0.2) is 0 Å². The molecule has 1 amide bonds. The third-order valence-corrected chi connectivity index (χ3v) is 6.37. The molecule has 1 aliphatic heterocycles. The standard InChI is InChI=1S/C24H34N6O2/c1-5-18(32-4)15-30-22(23(31)26-16(2)3)27-28-24(30)29-12-10-17(11-13-29)20-14-25-21-9-7-6-8-19(20)21/h6-9,14,16-18,25H,5,10-13,15H2,1-4H3,(H,26,31). The van der Waals surface area contributed by atoms with Crippen LogP contribution < -0.4 is 10.2 Å². The number of hydrogen-bond donors (Lipinski definition) is 2. The summed E-state index contributed by atoms with van der Waals surface area (Å²) in [5, 5.41) is 13.0. The number of carbonyl (C=O) groups excluding carboxylic acids is 1. The first-order valence-corrected chi connectivity index (χ1v) is 11.6. The molecule has 2 N–H and O–H groups in total. The van der Waals surface area contributed by atoms with Crippen LogP contribution in [0.3, 0.4) is 0 Å². The molecule has 1 fully saturated rings. The first-order valence-electron chi connectivity index (χ1n) is 11.6. The molecule has 1 atom stereocenters. The van der Waals surface area contributed by atoms with E-state index in [0.717, 1.165) is 38.3 Å². The van der Waals surface area contributed by atoms with Crippen LogP contribution >= 0.6 is 0 Å². The molecule has 1 saturated heterocycles. The molecule has 8 nitrogen and oxygen atoms in total. The highest BCUT2D eigenvalue weighted by Gasteiger charge is 2.29. The Labute approximate surface area is 189 Å². The second kappa shape index (κ2) is 9.73. The lowest BCUT2D eigenvalue weighted by Crippen LogP contribution is -2.37. The van der Waals surface area contributed by atoms with E-state index < -0.39 is 0 Å². The van der Waals surface area contributed by atoms with Gasteiger partial charge in [0.15, 0.2) is 0 Å². The Kier molecular flexibility index (Phi) is 6.79. The Hall–Kier alpha value is -2.87. The van der Waals surface area contributed by atoms with Gasteiger partial charge >= 0.3 is 0 Å². The molecule has 0 aliphatic carbocycles. The zero-order chi connectivity index (χ0) is 22.7. The molecule has 4 rings (SSSR count). The Bertz CT molecular complexity index is 1040. The van der Waals surface area contributed by atoms with Gasteiger partial charge in [-0.2, -0.15) is 0 Å². The number of nitrogens with zero attached hydrogens (tertiary/aromatic N) is 4. The molecule has 0 bridgehead atoms. The molecular formula is C24H34N6O2. The van der Waals surface area contributed by atoms with Gasteiger partial charge < -0.3 is 19.9 Å². The number of benzene rings is 1. The van der Waals surface area contributed by atoms with Crippen molar-refractivity contribution in [3.8, 4) is 0 Å². The van der Waals surface area contributed by atoms with Gasteiger partial charge in [-0.1, -0.05) is 25.1 Å². The summed E-state index contributed by atoms with van der Waals surface area (Å²) in [5.74, 6) is 1.41. The summed E-state index contributed by atoms with van der Waals surface area (Å²) in [6.07, 6.45) is 5.07. The summed E-state index contributed by atoms with van der Waals surface area (Å²) in [4.78, 5) is 18.4. The van der Waals surface area contributed by atoms with Crippen LogP contribution in [-0.2, 0) is 11.3 Å². The van der Waals surface area contributed by atoms with E-state index in [4.69, 9.17) is 4.74 Å². The van der Waals surface area contributed by atoms with Gasteiger partial charge in [-0.15, -0.1) is 10.2 Å². The number of para-hydroxylation sites is 1. The molecule has 0 spiro atoms. The molecule has 2 aromatic heterocycles. The molecular weight excluding hydrogens is 404 g/mol. The summed E-state index contributed by atoms with van der Waals surface area (Å²) in [6.45, 7) is 8.27. The van der Waals surface area contributed by atoms with Crippen molar-refractivity contribution in [2.75, 3.05) is 25.1 Å². The number of carbonyl (C=O) groups is 1. The highest BCUT2D eigenvalue weighted by atomic mass is 16.5. The van der Waals surface area contributed by atoms with Gasteiger partial charge in [0.1, 0.15) is 0 Å². The van der Waals surface area contributed by atoms with Crippen molar-refractivity contribution in [3.05, 3.63) is 41.9 Å². The van der Waals surface area contributed by atoms with E-state index >= 15 is 0 Å². The fraction of sp³-hybridized carbons (Fsp3) is 0.542. The molecule has 172 valence electrons. The quantitative estimate of drug-likeness (QED) is 0.560. The van der Waals surface area contributed by atoms with E-state index in [2.05, 4.69) is 62.8 Å². The normalized spacial score (nSPS) is 16.1. The number of rotatable bonds is 8. The third-order valence-electron chi connectivity index (χ3n) is 6.37. The number of hydrogen-bond acceptors (Lipinski definition) is 5. The minimum Gasteiger partial charge on any atom is -0.380 e. The van der Waals surface area contributed by atoms with Crippen LogP contribution in [0.25, 0.3) is 10.9 Å². The zero-order valence-corrected chi connectivity index (χ0v) is 19.5. The van der Waals surface area contributed by atoms with Crippen LogP contribution in [0.1, 0.15) is 62.1 Å². The predicted molar refractivity (Wildman–Crippen MR) is 126 cm³/mol. The van der Waals surface area contributed by atoms with Crippen molar-refractivity contribution < 1.29 is 9.53 Å².